The molecule has 0 atom stereocenters. The number of amides is 2. The van der Waals surface area contributed by atoms with Gasteiger partial charge in [-0.05, 0) is 46.3 Å². The van der Waals surface area contributed by atoms with Crippen molar-refractivity contribution in [2.24, 2.45) is 0 Å². The number of ether oxygens (including phenoxy) is 1. The predicted molar refractivity (Wildman–Crippen MR) is 128 cm³/mol. The van der Waals surface area contributed by atoms with Gasteiger partial charge < -0.3 is 14.5 Å². The number of carbonyl (C=O) groups excluding carboxylic acids is 2. The van der Waals surface area contributed by atoms with E-state index in [4.69, 9.17) is 4.74 Å². The summed E-state index contributed by atoms with van der Waals surface area (Å²) in [6.45, 7) is 4.44. The van der Waals surface area contributed by atoms with Crippen LogP contribution in [0, 0.1) is 0 Å². The zero-order valence-corrected chi connectivity index (χ0v) is 20.2. The quantitative estimate of drug-likeness (QED) is 0.506. The molecule has 2 saturated heterocycles. The molecular formula is C23H22BrN5O3S. The molecule has 10 heteroatoms. The van der Waals surface area contributed by atoms with E-state index in [9.17, 15) is 9.59 Å². The Balaban J connectivity index is 1.09. The Labute approximate surface area is 203 Å². The number of thiazole rings is 1. The summed E-state index contributed by atoms with van der Waals surface area (Å²) in [7, 11) is 0. The second kappa shape index (κ2) is 9.58. The first-order chi connectivity index (χ1) is 16.1. The molecule has 5 rings (SSSR count). The number of halogens is 1. The molecule has 2 aliphatic rings. The fraction of sp³-hybridized carbons (Fsp3) is 0.304. The third-order valence-corrected chi connectivity index (χ3v) is 7.14. The lowest BCUT2D eigenvalue weighted by Gasteiger charge is -2.48. The lowest BCUT2D eigenvalue weighted by atomic mass is 10.0. The maximum absolute atomic E-state index is 12.8. The average Bonchev–Trinajstić information content (AvgIpc) is 3.35. The Morgan fingerprint density at radius 2 is 1.70 bits per heavy atom. The van der Waals surface area contributed by atoms with Gasteiger partial charge in [0.05, 0.1) is 0 Å². The zero-order chi connectivity index (χ0) is 22.8. The van der Waals surface area contributed by atoms with Crippen LogP contribution in [0.2, 0.25) is 0 Å². The largest absolute Gasteiger partial charge is 0.439 e. The van der Waals surface area contributed by atoms with Crippen molar-refractivity contribution < 1.29 is 14.3 Å². The van der Waals surface area contributed by atoms with Gasteiger partial charge in [0.15, 0.2) is 5.01 Å². The van der Waals surface area contributed by atoms with Crippen LogP contribution in [0.3, 0.4) is 0 Å². The second-order valence-electron chi connectivity index (χ2n) is 7.97. The van der Waals surface area contributed by atoms with Crippen molar-refractivity contribution in [3.8, 4) is 11.6 Å². The molecule has 2 amide bonds. The maximum atomic E-state index is 12.8. The summed E-state index contributed by atoms with van der Waals surface area (Å²) in [4.78, 5) is 39.7. The Morgan fingerprint density at radius 1 is 0.939 bits per heavy atom. The van der Waals surface area contributed by atoms with Gasteiger partial charge in [0.1, 0.15) is 5.75 Å². The van der Waals surface area contributed by atoms with Gasteiger partial charge in [0, 0.05) is 79.2 Å². The van der Waals surface area contributed by atoms with Crippen LogP contribution in [0.25, 0.3) is 0 Å². The lowest BCUT2D eigenvalue weighted by Crippen LogP contribution is -2.64. The van der Waals surface area contributed by atoms with E-state index in [-0.39, 0.29) is 11.8 Å². The number of piperazine rings is 1. The third kappa shape index (κ3) is 4.92. The van der Waals surface area contributed by atoms with E-state index in [0.717, 1.165) is 17.6 Å². The van der Waals surface area contributed by atoms with Crippen molar-refractivity contribution in [3.63, 3.8) is 0 Å². The van der Waals surface area contributed by atoms with Crippen LogP contribution in [0.1, 0.15) is 20.2 Å². The van der Waals surface area contributed by atoms with Crippen molar-refractivity contribution in [1.29, 1.82) is 0 Å². The smallest absolute Gasteiger partial charge is 0.282 e. The number of carbonyl (C=O) groups is 2. The van der Waals surface area contributed by atoms with Gasteiger partial charge in [0.25, 0.3) is 11.8 Å². The average molecular weight is 528 g/mol. The topological polar surface area (TPSA) is 78.9 Å². The fourth-order valence-corrected chi connectivity index (χ4v) is 4.83. The number of pyridine rings is 1. The second-order valence-corrected chi connectivity index (χ2v) is 9.78. The predicted octanol–water partition coefficient (Wildman–Crippen LogP) is 3.38. The van der Waals surface area contributed by atoms with Gasteiger partial charge in [0.2, 0.25) is 5.88 Å². The minimum atomic E-state index is 0.0124. The first-order valence-corrected chi connectivity index (χ1v) is 12.4. The molecule has 2 fully saturated rings. The molecule has 0 spiro atoms. The molecule has 33 heavy (non-hydrogen) atoms. The number of aromatic nitrogens is 2. The van der Waals surface area contributed by atoms with Crippen LogP contribution in [-0.2, 0) is 0 Å². The molecule has 2 aromatic heterocycles. The van der Waals surface area contributed by atoms with E-state index >= 15 is 0 Å². The SMILES string of the molecule is O=C(c1ccc(Oc2ccc(Br)cn2)cc1)N1CC(N2CCN(C(=O)c3nccs3)CC2)C1. The molecule has 170 valence electrons. The zero-order valence-electron chi connectivity index (χ0n) is 17.8. The summed E-state index contributed by atoms with van der Waals surface area (Å²) in [5, 5.41) is 2.37. The third-order valence-electron chi connectivity index (χ3n) is 5.91. The number of nitrogens with zero attached hydrogens (tertiary/aromatic N) is 5. The molecule has 0 radical (unpaired) electrons. The van der Waals surface area contributed by atoms with Crippen molar-refractivity contribution >= 4 is 39.1 Å². The Kier molecular flexibility index (Phi) is 6.39. The minimum Gasteiger partial charge on any atom is -0.439 e. The van der Waals surface area contributed by atoms with Crippen LogP contribution in [0.15, 0.2) is 58.6 Å². The molecule has 0 saturated carbocycles. The summed E-state index contributed by atoms with van der Waals surface area (Å²) < 4.78 is 6.60. The van der Waals surface area contributed by atoms with Crippen LogP contribution in [0.4, 0.5) is 0 Å². The molecule has 0 N–H and O–H groups in total. The highest BCUT2D eigenvalue weighted by Gasteiger charge is 2.37. The highest BCUT2D eigenvalue weighted by molar-refractivity contribution is 9.10. The van der Waals surface area contributed by atoms with Gasteiger partial charge in [-0.1, -0.05) is 0 Å². The first-order valence-electron chi connectivity index (χ1n) is 10.7. The van der Waals surface area contributed by atoms with Gasteiger partial charge in [-0.25, -0.2) is 9.97 Å². The highest BCUT2D eigenvalue weighted by atomic mass is 79.9. The molecule has 3 aromatic rings. The van der Waals surface area contributed by atoms with E-state index in [1.807, 2.05) is 21.2 Å². The van der Waals surface area contributed by atoms with E-state index < -0.39 is 0 Å². The van der Waals surface area contributed by atoms with E-state index in [1.165, 1.54) is 11.3 Å². The van der Waals surface area contributed by atoms with E-state index in [0.29, 0.717) is 54.4 Å². The molecule has 0 bridgehead atoms. The normalized spacial score (nSPS) is 17.0. The van der Waals surface area contributed by atoms with Gasteiger partial charge in [-0.15, -0.1) is 11.3 Å². The lowest BCUT2D eigenvalue weighted by molar-refractivity contribution is 0.00853. The Hall–Kier alpha value is -2.82. The van der Waals surface area contributed by atoms with Crippen molar-refractivity contribution in [1.82, 2.24) is 24.7 Å². The Bertz CT molecular complexity index is 1110. The summed E-state index contributed by atoms with van der Waals surface area (Å²) in [5.74, 6) is 1.17. The number of benzene rings is 1. The summed E-state index contributed by atoms with van der Waals surface area (Å²) in [6, 6.07) is 11.1. The van der Waals surface area contributed by atoms with Crippen molar-refractivity contribution in [3.05, 3.63) is 69.2 Å². The number of rotatable bonds is 5. The molecule has 0 aliphatic carbocycles. The van der Waals surface area contributed by atoms with Crippen LogP contribution in [-0.4, -0.2) is 81.8 Å². The van der Waals surface area contributed by atoms with Gasteiger partial charge in [-0.2, -0.15) is 0 Å². The maximum Gasteiger partial charge on any atom is 0.282 e. The monoisotopic (exact) mass is 527 g/mol. The Morgan fingerprint density at radius 3 is 2.33 bits per heavy atom. The molecular weight excluding hydrogens is 506 g/mol. The molecule has 2 aliphatic heterocycles. The number of hydrogen-bond donors (Lipinski definition) is 0. The molecule has 4 heterocycles. The van der Waals surface area contributed by atoms with Crippen LogP contribution in [0.5, 0.6) is 11.6 Å². The van der Waals surface area contributed by atoms with Crippen LogP contribution >= 0.6 is 27.3 Å². The van der Waals surface area contributed by atoms with Crippen molar-refractivity contribution in [2.45, 2.75) is 6.04 Å². The van der Waals surface area contributed by atoms with Crippen molar-refractivity contribution in [2.75, 3.05) is 39.3 Å². The van der Waals surface area contributed by atoms with E-state index in [2.05, 4.69) is 30.8 Å². The minimum absolute atomic E-state index is 0.0124. The number of hydrogen-bond acceptors (Lipinski definition) is 7. The summed E-state index contributed by atoms with van der Waals surface area (Å²) >= 11 is 4.72. The molecule has 1 aromatic carbocycles. The first kappa shape index (κ1) is 22.0. The standard InChI is InChI=1S/C23H22BrN5O3S/c24-17-3-6-20(26-13-17)32-19-4-1-16(2-5-19)22(30)29-14-18(15-29)27-8-10-28(11-9-27)23(31)21-25-7-12-33-21/h1-7,12-13,18H,8-11,14-15H2. The van der Waals surface area contributed by atoms with Gasteiger partial charge in [-0.3, -0.25) is 14.5 Å². The molecule has 8 nitrogen and oxygen atoms in total. The van der Waals surface area contributed by atoms with E-state index in [1.54, 1.807) is 42.7 Å². The summed E-state index contributed by atoms with van der Waals surface area (Å²) in [5.41, 5.74) is 0.642. The highest BCUT2D eigenvalue weighted by Crippen LogP contribution is 2.24. The summed E-state index contributed by atoms with van der Waals surface area (Å²) in [6.07, 6.45) is 3.33. The van der Waals surface area contributed by atoms with Gasteiger partial charge >= 0.3 is 0 Å². The molecule has 0 unspecified atom stereocenters. The fourth-order valence-electron chi connectivity index (χ4n) is 4.00. The van der Waals surface area contributed by atoms with Crippen LogP contribution < -0.4 is 4.74 Å². The number of likely N-dealkylation sites (tertiary alicyclic amines) is 1.